The lowest BCUT2D eigenvalue weighted by Crippen LogP contribution is -2.61. The van der Waals surface area contributed by atoms with E-state index in [-0.39, 0.29) is 5.91 Å². The molecule has 3 heterocycles. The first-order valence-electron chi connectivity index (χ1n) is 9.67. The highest BCUT2D eigenvalue weighted by atomic mass is 16.5. The molecule has 1 saturated heterocycles. The molecule has 1 fully saturated rings. The second-order valence-electron chi connectivity index (χ2n) is 6.81. The number of amides is 3. The number of carbonyl (C=O) groups excluding carboxylic acids is 2. The highest BCUT2D eigenvalue weighted by molar-refractivity contribution is 6.02. The average Bonchev–Trinajstić information content (AvgIpc) is 3.26. The maximum atomic E-state index is 12.7. The number of carbonyl (C=O) groups is 2. The molecule has 0 saturated carbocycles. The van der Waals surface area contributed by atoms with Crippen LogP contribution in [0.5, 0.6) is 5.75 Å². The fourth-order valence-corrected chi connectivity index (χ4v) is 3.81. The Labute approximate surface area is 168 Å². The van der Waals surface area contributed by atoms with Gasteiger partial charge in [0.15, 0.2) is 11.9 Å². The quantitative estimate of drug-likeness (QED) is 0.698. The van der Waals surface area contributed by atoms with E-state index in [0.717, 1.165) is 11.3 Å². The largest absolute Gasteiger partial charge is 0.494 e. The standard InChI is InChI=1S/C19H24N6O4/c1-4-28-11-10-24-14-16(26)20-19(27)23(3)17(14)25-15(21-22-18(24)25)12-6-8-13(9-7-12)29-5-2/h6-9,14,17H,4-5,10-11H2,1-3H3,(H,20,26,27). The number of aromatic nitrogens is 3. The minimum absolute atomic E-state index is 0.349. The summed E-state index contributed by atoms with van der Waals surface area (Å²) in [5.41, 5.74) is 0.824. The van der Waals surface area contributed by atoms with Crippen LogP contribution in [0.1, 0.15) is 20.0 Å². The molecule has 0 bridgehead atoms. The number of urea groups is 1. The van der Waals surface area contributed by atoms with Gasteiger partial charge in [0.1, 0.15) is 11.9 Å². The van der Waals surface area contributed by atoms with Gasteiger partial charge in [-0.25, -0.2) is 4.79 Å². The van der Waals surface area contributed by atoms with Gasteiger partial charge in [-0.2, -0.15) is 0 Å². The summed E-state index contributed by atoms with van der Waals surface area (Å²) in [7, 11) is 1.66. The molecule has 10 heteroatoms. The topological polar surface area (TPSA) is 102 Å². The number of anilines is 1. The second kappa shape index (κ2) is 7.70. The van der Waals surface area contributed by atoms with Crippen LogP contribution >= 0.6 is 0 Å². The number of likely N-dealkylation sites (N-methyl/N-ethyl adjacent to an activating group) is 1. The lowest BCUT2D eigenvalue weighted by atomic mass is 10.1. The van der Waals surface area contributed by atoms with Crippen molar-refractivity contribution in [2.24, 2.45) is 0 Å². The molecule has 0 spiro atoms. The highest BCUT2D eigenvalue weighted by Crippen LogP contribution is 2.40. The first kappa shape index (κ1) is 19.2. The number of hydrogen-bond acceptors (Lipinski definition) is 7. The number of benzene rings is 1. The van der Waals surface area contributed by atoms with E-state index in [1.165, 1.54) is 4.90 Å². The molecule has 2 atom stereocenters. The molecule has 1 aromatic heterocycles. The van der Waals surface area contributed by atoms with Crippen molar-refractivity contribution in [3.63, 3.8) is 0 Å². The Bertz CT molecular complexity index is 912. The summed E-state index contributed by atoms with van der Waals surface area (Å²) < 4.78 is 12.8. The summed E-state index contributed by atoms with van der Waals surface area (Å²) in [5, 5.41) is 11.1. The first-order chi connectivity index (χ1) is 14.1. The maximum absolute atomic E-state index is 12.7. The summed E-state index contributed by atoms with van der Waals surface area (Å²) >= 11 is 0. The van der Waals surface area contributed by atoms with E-state index in [1.807, 2.05) is 47.6 Å². The van der Waals surface area contributed by atoms with Crippen LogP contribution < -0.4 is 15.0 Å². The highest BCUT2D eigenvalue weighted by Gasteiger charge is 2.52. The third-order valence-corrected chi connectivity index (χ3v) is 5.14. The van der Waals surface area contributed by atoms with E-state index in [9.17, 15) is 9.59 Å². The third kappa shape index (κ3) is 3.19. The van der Waals surface area contributed by atoms with Gasteiger partial charge in [-0.15, -0.1) is 10.2 Å². The molecule has 29 heavy (non-hydrogen) atoms. The number of nitrogens with zero attached hydrogens (tertiary/aromatic N) is 5. The fourth-order valence-electron chi connectivity index (χ4n) is 3.81. The number of hydrogen-bond donors (Lipinski definition) is 1. The van der Waals surface area contributed by atoms with Crippen molar-refractivity contribution in [2.45, 2.75) is 26.1 Å². The van der Waals surface area contributed by atoms with Crippen molar-refractivity contribution in [2.75, 3.05) is 38.3 Å². The van der Waals surface area contributed by atoms with E-state index >= 15 is 0 Å². The Morgan fingerprint density at radius 1 is 1.10 bits per heavy atom. The van der Waals surface area contributed by atoms with Crippen LogP contribution in [0.4, 0.5) is 10.7 Å². The molecule has 1 N–H and O–H groups in total. The van der Waals surface area contributed by atoms with Gasteiger partial charge in [-0.1, -0.05) is 0 Å². The van der Waals surface area contributed by atoms with Gasteiger partial charge in [0.2, 0.25) is 5.95 Å². The Morgan fingerprint density at radius 2 is 1.86 bits per heavy atom. The average molecular weight is 400 g/mol. The van der Waals surface area contributed by atoms with Gasteiger partial charge in [-0.3, -0.25) is 14.7 Å². The lowest BCUT2D eigenvalue weighted by molar-refractivity contribution is -0.124. The Hall–Kier alpha value is -3.14. The first-order valence-corrected chi connectivity index (χ1v) is 9.67. The molecular weight excluding hydrogens is 376 g/mol. The summed E-state index contributed by atoms with van der Waals surface area (Å²) in [6.45, 7) is 5.91. The van der Waals surface area contributed by atoms with Gasteiger partial charge in [0.05, 0.1) is 13.2 Å². The van der Waals surface area contributed by atoms with Gasteiger partial charge < -0.3 is 19.3 Å². The van der Waals surface area contributed by atoms with Crippen LogP contribution in [0.25, 0.3) is 11.4 Å². The van der Waals surface area contributed by atoms with Gasteiger partial charge in [-0.05, 0) is 38.1 Å². The number of nitrogens with one attached hydrogen (secondary N) is 1. The molecule has 4 rings (SSSR count). The summed E-state index contributed by atoms with van der Waals surface area (Å²) in [4.78, 5) is 28.3. The zero-order valence-electron chi connectivity index (χ0n) is 16.7. The summed E-state index contributed by atoms with van der Waals surface area (Å²) in [5.74, 6) is 1.54. The van der Waals surface area contributed by atoms with Crippen molar-refractivity contribution in [3.05, 3.63) is 24.3 Å². The van der Waals surface area contributed by atoms with E-state index in [4.69, 9.17) is 9.47 Å². The summed E-state index contributed by atoms with van der Waals surface area (Å²) in [6.07, 6.45) is -0.538. The predicted molar refractivity (Wildman–Crippen MR) is 105 cm³/mol. The molecule has 3 amide bonds. The smallest absolute Gasteiger partial charge is 0.325 e. The zero-order chi connectivity index (χ0) is 20.5. The van der Waals surface area contributed by atoms with Crippen molar-refractivity contribution in [3.8, 4) is 17.1 Å². The lowest BCUT2D eigenvalue weighted by Gasteiger charge is -2.37. The van der Waals surface area contributed by atoms with E-state index in [2.05, 4.69) is 15.5 Å². The minimum atomic E-state index is -0.592. The monoisotopic (exact) mass is 400 g/mol. The number of fused-ring (bicyclic) bond motifs is 3. The molecule has 0 aliphatic carbocycles. The van der Waals surface area contributed by atoms with Crippen LogP contribution in [0.15, 0.2) is 24.3 Å². The molecule has 0 radical (unpaired) electrons. The molecule has 1 aromatic carbocycles. The van der Waals surface area contributed by atoms with Crippen LogP contribution in [0, 0.1) is 0 Å². The Kier molecular flexibility index (Phi) is 5.10. The summed E-state index contributed by atoms with van der Waals surface area (Å²) in [6, 6.07) is 6.48. The normalized spacial score (nSPS) is 20.5. The van der Waals surface area contributed by atoms with E-state index in [0.29, 0.717) is 38.1 Å². The van der Waals surface area contributed by atoms with Crippen molar-refractivity contribution in [1.82, 2.24) is 25.0 Å². The minimum Gasteiger partial charge on any atom is -0.494 e. The molecular formula is C19H24N6O4. The second-order valence-corrected chi connectivity index (χ2v) is 6.81. The Balaban J connectivity index is 1.75. The van der Waals surface area contributed by atoms with E-state index in [1.54, 1.807) is 7.05 Å². The predicted octanol–water partition coefficient (Wildman–Crippen LogP) is 1.25. The van der Waals surface area contributed by atoms with Gasteiger partial charge in [0.25, 0.3) is 5.91 Å². The van der Waals surface area contributed by atoms with Crippen molar-refractivity contribution < 1.29 is 19.1 Å². The number of ether oxygens (including phenoxy) is 2. The van der Waals surface area contributed by atoms with Crippen LogP contribution in [0.2, 0.25) is 0 Å². The van der Waals surface area contributed by atoms with Crippen molar-refractivity contribution in [1.29, 1.82) is 0 Å². The van der Waals surface area contributed by atoms with Crippen molar-refractivity contribution >= 4 is 17.9 Å². The fraction of sp³-hybridized carbons (Fsp3) is 0.474. The van der Waals surface area contributed by atoms with Crippen LogP contribution in [-0.4, -0.2) is 71.1 Å². The molecule has 154 valence electrons. The molecule has 2 unspecified atom stereocenters. The molecule has 10 nitrogen and oxygen atoms in total. The SMILES string of the molecule is CCOCCN1c2nnc(-c3ccc(OCC)cc3)n2C2C1C(=O)NC(=O)N2C. The van der Waals surface area contributed by atoms with E-state index < -0.39 is 18.2 Å². The van der Waals surface area contributed by atoms with Crippen LogP contribution in [0.3, 0.4) is 0 Å². The molecule has 2 aliphatic rings. The molecule has 2 aromatic rings. The molecule has 2 aliphatic heterocycles. The number of imide groups is 1. The van der Waals surface area contributed by atoms with Gasteiger partial charge >= 0.3 is 6.03 Å². The maximum Gasteiger partial charge on any atom is 0.325 e. The van der Waals surface area contributed by atoms with Crippen LogP contribution in [-0.2, 0) is 9.53 Å². The Morgan fingerprint density at radius 3 is 2.55 bits per heavy atom. The number of rotatable bonds is 7. The van der Waals surface area contributed by atoms with Gasteiger partial charge in [0, 0.05) is 25.8 Å². The zero-order valence-corrected chi connectivity index (χ0v) is 16.7. The third-order valence-electron chi connectivity index (χ3n) is 5.14.